The van der Waals surface area contributed by atoms with E-state index in [1.807, 2.05) is 6.92 Å². The Labute approximate surface area is 106 Å². The number of aryl methyl sites for hydroxylation is 1. The third-order valence-corrected chi connectivity index (χ3v) is 3.02. The van der Waals surface area contributed by atoms with E-state index in [4.69, 9.17) is 10.8 Å². The standard InChI is InChI=1S/C11H16N2O4S/c1-7-3-4-9(13-18(2,16)17)5-8(7)6-10(12)11(14)15/h3-5,10,13H,6,12H2,1-2H3,(H,14,15)/t10-/m0/s1. The fourth-order valence-corrected chi connectivity index (χ4v) is 2.05. The molecule has 1 aromatic carbocycles. The van der Waals surface area contributed by atoms with Crippen LogP contribution in [0, 0.1) is 6.92 Å². The zero-order valence-corrected chi connectivity index (χ0v) is 11.0. The Morgan fingerprint density at radius 2 is 2.11 bits per heavy atom. The predicted octanol–water partition coefficient (Wildman–Crippen LogP) is 0.321. The van der Waals surface area contributed by atoms with Gasteiger partial charge in [0.05, 0.1) is 6.26 Å². The molecule has 0 saturated heterocycles. The van der Waals surface area contributed by atoms with Crippen molar-refractivity contribution in [3.05, 3.63) is 29.3 Å². The van der Waals surface area contributed by atoms with Gasteiger partial charge in [0.1, 0.15) is 6.04 Å². The van der Waals surface area contributed by atoms with Crippen LogP contribution in [-0.4, -0.2) is 31.8 Å². The molecule has 0 unspecified atom stereocenters. The topological polar surface area (TPSA) is 109 Å². The van der Waals surface area contributed by atoms with Gasteiger partial charge in [-0.1, -0.05) is 6.07 Å². The van der Waals surface area contributed by atoms with Crippen LogP contribution in [-0.2, 0) is 21.2 Å². The molecule has 0 aromatic heterocycles. The van der Waals surface area contributed by atoms with Crippen LogP contribution in [0.5, 0.6) is 0 Å². The number of benzene rings is 1. The number of carboxylic acids is 1. The highest BCUT2D eigenvalue weighted by molar-refractivity contribution is 7.92. The van der Waals surface area contributed by atoms with Crippen LogP contribution in [0.3, 0.4) is 0 Å². The number of nitrogens with one attached hydrogen (secondary N) is 1. The first-order valence-corrected chi connectivity index (χ1v) is 7.14. The Hall–Kier alpha value is -1.60. The van der Waals surface area contributed by atoms with Gasteiger partial charge in [0.15, 0.2) is 0 Å². The van der Waals surface area contributed by atoms with Crippen molar-refractivity contribution in [1.82, 2.24) is 0 Å². The van der Waals surface area contributed by atoms with E-state index in [0.717, 1.165) is 11.8 Å². The summed E-state index contributed by atoms with van der Waals surface area (Å²) in [5.74, 6) is -1.09. The molecule has 0 spiro atoms. The number of aliphatic carboxylic acids is 1. The van der Waals surface area contributed by atoms with Crippen molar-refractivity contribution in [3.8, 4) is 0 Å². The number of carboxylic acid groups (broad SMARTS) is 1. The molecule has 0 bridgehead atoms. The minimum atomic E-state index is -3.35. The summed E-state index contributed by atoms with van der Waals surface area (Å²) in [6, 6.07) is 3.93. The minimum absolute atomic E-state index is 0.153. The van der Waals surface area contributed by atoms with Gasteiger partial charge in [-0.2, -0.15) is 0 Å². The molecule has 6 nitrogen and oxygen atoms in total. The van der Waals surface area contributed by atoms with Crippen LogP contribution in [0.4, 0.5) is 5.69 Å². The van der Waals surface area contributed by atoms with E-state index in [9.17, 15) is 13.2 Å². The van der Waals surface area contributed by atoms with Crippen LogP contribution in [0.15, 0.2) is 18.2 Å². The molecular formula is C11H16N2O4S. The monoisotopic (exact) mass is 272 g/mol. The first-order chi connectivity index (χ1) is 8.19. The van der Waals surface area contributed by atoms with Gasteiger partial charge in [-0.25, -0.2) is 8.42 Å². The highest BCUT2D eigenvalue weighted by atomic mass is 32.2. The number of hydrogen-bond donors (Lipinski definition) is 3. The van der Waals surface area contributed by atoms with Crippen LogP contribution in [0.25, 0.3) is 0 Å². The van der Waals surface area contributed by atoms with Gasteiger partial charge in [0.25, 0.3) is 0 Å². The Kier molecular flexibility index (Phi) is 4.31. The van der Waals surface area contributed by atoms with Crippen molar-refractivity contribution < 1.29 is 18.3 Å². The number of hydrogen-bond acceptors (Lipinski definition) is 4. The largest absolute Gasteiger partial charge is 0.480 e. The molecule has 0 saturated carbocycles. The summed E-state index contributed by atoms with van der Waals surface area (Å²) < 4.78 is 24.5. The lowest BCUT2D eigenvalue weighted by molar-refractivity contribution is -0.138. The summed E-state index contributed by atoms with van der Waals surface area (Å²) in [5.41, 5.74) is 7.43. The lowest BCUT2D eigenvalue weighted by atomic mass is 10.0. The Morgan fingerprint density at radius 3 is 2.61 bits per heavy atom. The summed E-state index contributed by atoms with van der Waals surface area (Å²) in [4.78, 5) is 10.7. The Bertz CT molecular complexity index is 554. The fourth-order valence-electron chi connectivity index (χ4n) is 1.49. The Morgan fingerprint density at radius 1 is 1.50 bits per heavy atom. The van der Waals surface area contributed by atoms with Crippen molar-refractivity contribution in [3.63, 3.8) is 0 Å². The molecule has 0 fully saturated rings. The van der Waals surface area contributed by atoms with Crippen LogP contribution >= 0.6 is 0 Å². The van der Waals surface area contributed by atoms with Crippen LogP contribution in [0.1, 0.15) is 11.1 Å². The third-order valence-electron chi connectivity index (χ3n) is 2.41. The summed E-state index contributed by atoms with van der Waals surface area (Å²) in [5, 5.41) is 8.75. The lowest BCUT2D eigenvalue weighted by Crippen LogP contribution is -2.32. The van der Waals surface area contributed by atoms with Gasteiger partial charge in [-0.3, -0.25) is 9.52 Å². The van der Waals surface area contributed by atoms with E-state index < -0.39 is 22.0 Å². The zero-order valence-electron chi connectivity index (χ0n) is 10.2. The van der Waals surface area contributed by atoms with E-state index in [0.29, 0.717) is 11.3 Å². The molecule has 0 heterocycles. The smallest absolute Gasteiger partial charge is 0.320 e. The molecule has 0 aliphatic rings. The molecule has 100 valence electrons. The van der Waals surface area contributed by atoms with Crippen molar-refractivity contribution in [2.75, 3.05) is 11.0 Å². The summed E-state index contributed by atoms with van der Waals surface area (Å²) in [6.07, 6.45) is 1.20. The molecule has 1 rings (SSSR count). The van der Waals surface area contributed by atoms with Crippen molar-refractivity contribution >= 4 is 21.7 Å². The quantitative estimate of drug-likeness (QED) is 0.715. The average molecular weight is 272 g/mol. The molecule has 0 aliphatic heterocycles. The number of carbonyl (C=O) groups is 1. The second kappa shape index (κ2) is 5.36. The van der Waals surface area contributed by atoms with Crippen molar-refractivity contribution in [2.24, 2.45) is 5.73 Å². The number of rotatable bonds is 5. The Balaban J connectivity index is 2.98. The van der Waals surface area contributed by atoms with E-state index in [1.54, 1.807) is 18.2 Å². The van der Waals surface area contributed by atoms with Gasteiger partial charge in [-0.15, -0.1) is 0 Å². The van der Waals surface area contributed by atoms with E-state index in [-0.39, 0.29) is 6.42 Å². The van der Waals surface area contributed by atoms with Gasteiger partial charge >= 0.3 is 5.97 Å². The second-order valence-corrected chi connectivity index (χ2v) is 5.91. The molecule has 7 heteroatoms. The summed E-state index contributed by atoms with van der Waals surface area (Å²) in [7, 11) is -3.35. The second-order valence-electron chi connectivity index (χ2n) is 4.16. The SMILES string of the molecule is Cc1ccc(NS(C)(=O)=O)cc1C[C@H](N)C(=O)O. The summed E-state index contributed by atoms with van der Waals surface area (Å²) >= 11 is 0. The molecular weight excluding hydrogens is 256 g/mol. The third kappa shape index (κ3) is 4.34. The minimum Gasteiger partial charge on any atom is -0.480 e. The highest BCUT2D eigenvalue weighted by Gasteiger charge is 2.14. The van der Waals surface area contributed by atoms with Crippen molar-refractivity contribution in [2.45, 2.75) is 19.4 Å². The maximum atomic E-state index is 11.1. The molecule has 1 atom stereocenters. The normalized spacial score (nSPS) is 13.1. The highest BCUT2D eigenvalue weighted by Crippen LogP contribution is 2.17. The lowest BCUT2D eigenvalue weighted by Gasteiger charge is -2.12. The van der Waals surface area contributed by atoms with Gasteiger partial charge in [0.2, 0.25) is 10.0 Å². The van der Waals surface area contributed by atoms with Crippen LogP contribution < -0.4 is 10.5 Å². The van der Waals surface area contributed by atoms with E-state index >= 15 is 0 Å². The zero-order chi connectivity index (χ0) is 13.9. The first-order valence-electron chi connectivity index (χ1n) is 5.25. The van der Waals surface area contributed by atoms with E-state index in [2.05, 4.69) is 4.72 Å². The maximum Gasteiger partial charge on any atom is 0.320 e. The summed E-state index contributed by atoms with van der Waals surface area (Å²) in [6.45, 7) is 1.81. The molecule has 0 amide bonds. The van der Waals surface area contributed by atoms with E-state index in [1.165, 1.54) is 0 Å². The van der Waals surface area contributed by atoms with Gasteiger partial charge in [-0.05, 0) is 36.6 Å². The van der Waals surface area contributed by atoms with Crippen molar-refractivity contribution in [1.29, 1.82) is 0 Å². The molecule has 0 aliphatic carbocycles. The number of nitrogens with two attached hydrogens (primary N) is 1. The average Bonchev–Trinajstić information content (AvgIpc) is 2.20. The number of anilines is 1. The molecule has 1 aromatic rings. The first kappa shape index (κ1) is 14.5. The predicted molar refractivity (Wildman–Crippen MR) is 69.0 cm³/mol. The maximum absolute atomic E-state index is 11.1. The van der Waals surface area contributed by atoms with Crippen LogP contribution in [0.2, 0.25) is 0 Å². The fraction of sp³-hybridized carbons (Fsp3) is 0.364. The molecule has 18 heavy (non-hydrogen) atoms. The van der Waals surface area contributed by atoms with Gasteiger partial charge < -0.3 is 10.8 Å². The van der Waals surface area contributed by atoms with Gasteiger partial charge in [0, 0.05) is 5.69 Å². The molecule has 4 N–H and O–H groups in total. The molecule has 0 radical (unpaired) electrons. The number of sulfonamides is 1.